The number of rotatable bonds is 9. The first-order chi connectivity index (χ1) is 12.6. The molecule has 0 aliphatic carbocycles. The Kier molecular flexibility index (Phi) is 13.1. The van der Waals surface area contributed by atoms with Gasteiger partial charge in [-0.15, -0.1) is 24.8 Å². The topological polar surface area (TPSA) is 96.7 Å². The van der Waals surface area contributed by atoms with Gasteiger partial charge in [0.15, 0.2) is 0 Å². The molecule has 0 aromatic heterocycles. The summed E-state index contributed by atoms with van der Waals surface area (Å²) in [6.45, 7) is 8.02. The molecule has 0 unspecified atom stereocenters. The second-order valence-corrected chi connectivity index (χ2v) is 6.41. The first-order valence-electron chi connectivity index (χ1n) is 9.34. The molecule has 1 aliphatic heterocycles. The van der Waals surface area contributed by atoms with Crippen LogP contribution in [-0.2, 0) is 9.53 Å². The number of likely N-dealkylation sites (N-methyl/N-ethyl adjacent to an activating group) is 1. The molecule has 2 amide bonds. The minimum Gasteiger partial charge on any atom is -0.364 e. The summed E-state index contributed by atoms with van der Waals surface area (Å²) in [5.41, 5.74) is 6.78. The normalized spacial score (nSPS) is 18.1. The third-order valence-electron chi connectivity index (χ3n) is 4.69. The number of halogens is 2. The fourth-order valence-electron chi connectivity index (χ4n) is 2.97. The summed E-state index contributed by atoms with van der Waals surface area (Å²) in [4.78, 5) is 26.6. The van der Waals surface area contributed by atoms with Gasteiger partial charge in [0.1, 0.15) is 6.10 Å². The average molecular weight is 435 g/mol. The predicted octanol–water partition coefficient (Wildman–Crippen LogP) is 2.05. The molecular weight excluding hydrogens is 403 g/mol. The molecule has 0 saturated carbocycles. The first kappa shape index (κ1) is 26.6. The van der Waals surface area contributed by atoms with Gasteiger partial charge in [-0.3, -0.25) is 9.59 Å². The minimum absolute atomic E-state index is 0. The van der Waals surface area contributed by atoms with Gasteiger partial charge in [0.05, 0.1) is 6.10 Å². The molecule has 160 valence electrons. The van der Waals surface area contributed by atoms with Crippen molar-refractivity contribution in [2.24, 2.45) is 5.73 Å². The number of ether oxygens (including phenoxy) is 1. The van der Waals surface area contributed by atoms with E-state index in [-0.39, 0.29) is 42.7 Å². The molecule has 1 aliphatic rings. The number of carbonyl (C=O) groups is 2. The number of nitrogens with two attached hydrogens (primary N) is 1. The highest BCUT2D eigenvalue weighted by Crippen LogP contribution is 2.20. The SMILES string of the molecule is CCN(CC)CCNC(=O)c1ccc(NC(=O)[C@@H]2CC[C@H](CN)O2)cc1.Cl.Cl. The molecule has 2 rings (SSSR count). The molecule has 1 aromatic rings. The van der Waals surface area contributed by atoms with Crippen LogP contribution >= 0.6 is 24.8 Å². The van der Waals surface area contributed by atoms with Gasteiger partial charge in [0, 0.05) is 30.9 Å². The van der Waals surface area contributed by atoms with Crippen LogP contribution in [0.1, 0.15) is 37.0 Å². The summed E-state index contributed by atoms with van der Waals surface area (Å²) in [5.74, 6) is -0.280. The fraction of sp³-hybridized carbons (Fsp3) is 0.579. The Labute approximate surface area is 179 Å². The van der Waals surface area contributed by atoms with Crippen molar-refractivity contribution in [1.29, 1.82) is 0 Å². The van der Waals surface area contributed by atoms with Crippen molar-refractivity contribution in [3.05, 3.63) is 29.8 Å². The Hall–Kier alpha value is -1.38. The zero-order chi connectivity index (χ0) is 18.9. The molecule has 1 saturated heterocycles. The van der Waals surface area contributed by atoms with Crippen molar-refractivity contribution in [1.82, 2.24) is 10.2 Å². The summed E-state index contributed by atoms with van der Waals surface area (Å²) in [6.07, 6.45) is 1.00. The predicted molar refractivity (Wildman–Crippen MR) is 117 cm³/mol. The summed E-state index contributed by atoms with van der Waals surface area (Å²) in [7, 11) is 0. The summed E-state index contributed by atoms with van der Waals surface area (Å²) >= 11 is 0. The zero-order valence-corrected chi connectivity index (χ0v) is 18.1. The lowest BCUT2D eigenvalue weighted by atomic mass is 10.1. The van der Waals surface area contributed by atoms with Crippen molar-refractivity contribution in [3.63, 3.8) is 0 Å². The van der Waals surface area contributed by atoms with Gasteiger partial charge in [-0.1, -0.05) is 13.8 Å². The average Bonchev–Trinajstić information content (AvgIpc) is 3.15. The molecule has 7 nitrogen and oxygen atoms in total. The molecule has 1 fully saturated rings. The van der Waals surface area contributed by atoms with E-state index in [0.29, 0.717) is 30.8 Å². The molecule has 9 heteroatoms. The van der Waals surface area contributed by atoms with Gasteiger partial charge in [-0.2, -0.15) is 0 Å². The van der Waals surface area contributed by atoms with E-state index < -0.39 is 6.10 Å². The van der Waals surface area contributed by atoms with Crippen LogP contribution in [0.4, 0.5) is 5.69 Å². The van der Waals surface area contributed by atoms with Crippen LogP contribution in [0.15, 0.2) is 24.3 Å². The molecule has 0 spiro atoms. The minimum atomic E-state index is -0.452. The van der Waals surface area contributed by atoms with Crippen LogP contribution in [-0.4, -0.2) is 61.6 Å². The summed E-state index contributed by atoms with van der Waals surface area (Å²) in [5, 5.41) is 5.74. The zero-order valence-electron chi connectivity index (χ0n) is 16.5. The van der Waals surface area contributed by atoms with Crippen LogP contribution in [0.3, 0.4) is 0 Å². The standard InChI is InChI=1S/C19H30N4O3.2ClH/c1-3-23(4-2)12-11-21-18(24)14-5-7-15(8-6-14)22-19(25)17-10-9-16(13-20)26-17;;/h5-8,16-17H,3-4,9-13,20H2,1-2H3,(H,21,24)(H,22,25);2*1H/t16-,17+;;/m1../s1. The van der Waals surface area contributed by atoms with Crippen LogP contribution < -0.4 is 16.4 Å². The van der Waals surface area contributed by atoms with Gasteiger partial charge < -0.3 is 26.0 Å². The van der Waals surface area contributed by atoms with E-state index >= 15 is 0 Å². The van der Waals surface area contributed by atoms with Crippen LogP contribution in [0.5, 0.6) is 0 Å². The highest BCUT2D eigenvalue weighted by molar-refractivity contribution is 5.97. The molecule has 1 heterocycles. The van der Waals surface area contributed by atoms with E-state index in [1.807, 2.05) is 0 Å². The van der Waals surface area contributed by atoms with Crippen LogP contribution in [0, 0.1) is 0 Å². The lowest BCUT2D eigenvalue weighted by molar-refractivity contribution is -0.126. The van der Waals surface area contributed by atoms with Gasteiger partial charge >= 0.3 is 0 Å². The first-order valence-corrected chi connectivity index (χ1v) is 9.34. The molecule has 1 aromatic carbocycles. The maximum Gasteiger partial charge on any atom is 0.253 e. The van der Waals surface area contributed by atoms with Crippen molar-refractivity contribution in [2.45, 2.75) is 38.9 Å². The Morgan fingerprint density at radius 3 is 2.32 bits per heavy atom. The molecule has 28 heavy (non-hydrogen) atoms. The van der Waals surface area contributed by atoms with Crippen molar-refractivity contribution in [3.8, 4) is 0 Å². The van der Waals surface area contributed by atoms with Crippen LogP contribution in [0.2, 0.25) is 0 Å². The highest BCUT2D eigenvalue weighted by atomic mass is 35.5. The Bertz CT molecular complexity index is 597. The number of carbonyl (C=O) groups excluding carboxylic acids is 2. The molecule has 2 atom stereocenters. The smallest absolute Gasteiger partial charge is 0.253 e. The second kappa shape index (κ2) is 13.7. The van der Waals surface area contributed by atoms with Crippen LogP contribution in [0.25, 0.3) is 0 Å². The van der Waals surface area contributed by atoms with Crippen molar-refractivity contribution in [2.75, 3.05) is 38.0 Å². The lowest BCUT2D eigenvalue weighted by Gasteiger charge is -2.18. The van der Waals surface area contributed by atoms with Gasteiger partial charge in [-0.05, 0) is 50.2 Å². The highest BCUT2D eigenvalue weighted by Gasteiger charge is 2.29. The van der Waals surface area contributed by atoms with Crippen molar-refractivity contribution >= 4 is 42.3 Å². The maximum absolute atomic E-state index is 12.2. The van der Waals surface area contributed by atoms with E-state index in [1.165, 1.54) is 0 Å². The fourth-order valence-corrected chi connectivity index (χ4v) is 2.97. The maximum atomic E-state index is 12.2. The van der Waals surface area contributed by atoms with Gasteiger partial charge in [0.2, 0.25) is 0 Å². The molecular formula is C19H32Cl2N4O3. The number of nitrogens with zero attached hydrogens (tertiary/aromatic N) is 1. The lowest BCUT2D eigenvalue weighted by Crippen LogP contribution is -2.34. The van der Waals surface area contributed by atoms with E-state index in [1.54, 1.807) is 24.3 Å². The van der Waals surface area contributed by atoms with E-state index in [2.05, 4.69) is 29.4 Å². The number of nitrogens with one attached hydrogen (secondary N) is 2. The monoisotopic (exact) mass is 434 g/mol. The van der Waals surface area contributed by atoms with E-state index in [0.717, 1.165) is 26.1 Å². The third-order valence-corrected chi connectivity index (χ3v) is 4.69. The second-order valence-electron chi connectivity index (χ2n) is 6.41. The number of benzene rings is 1. The Morgan fingerprint density at radius 1 is 1.14 bits per heavy atom. The third kappa shape index (κ3) is 7.93. The molecule has 0 radical (unpaired) electrons. The quantitative estimate of drug-likeness (QED) is 0.552. The molecule has 0 bridgehead atoms. The van der Waals surface area contributed by atoms with Crippen molar-refractivity contribution < 1.29 is 14.3 Å². The molecule has 4 N–H and O–H groups in total. The number of hydrogen-bond acceptors (Lipinski definition) is 5. The summed E-state index contributed by atoms with van der Waals surface area (Å²) < 4.78 is 5.58. The number of hydrogen-bond donors (Lipinski definition) is 3. The van der Waals surface area contributed by atoms with E-state index in [9.17, 15) is 9.59 Å². The Balaban J connectivity index is 0.00000364. The number of anilines is 1. The number of amides is 2. The Morgan fingerprint density at radius 2 is 1.79 bits per heavy atom. The van der Waals surface area contributed by atoms with Gasteiger partial charge in [-0.25, -0.2) is 0 Å². The van der Waals surface area contributed by atoms with E-state index in [4.69, 9.17) is 10.5 Å². The largest absolute Gasteiger partial charge is 0.364 e. The van der Waals surface area contributed by atoms with Gasteiger partial charge in [0.25, 0.3) is 11.8 Å². The summed E-state index contributed by atoms with van der Waals surface area (Å²) in [6, 6.07) is 6.88.